The molecule has 1 aliphatic rings. The van der Waals surface area contributed by atoms with Gasteiger partial charge in [0.05, 0.1) is 17.2 Å². The van der Waals surface area contributed by atoms with Crippen molar-refractivity contribution in [2.45, 2.75) is 5.25 Å². The number of anilines is 1. The van der Waals surface area contributed by atoms with E-state index >= 15 is 0 Å². The molecule has 1 aliphatic heterocycles. The lowest BCUT2D eigenvalue weighted by Gasteiger charge is -2.14. The fourth-order valence-electron chi connectivity index (χ4n) is 1.99. The van der Waals surface area contributed by atoms with Crippen molar-refractivity contribution < 1.29 is 9.18 Å². The van der Waals surface area contributed by atoms with Crippen LogP contribution in [0.25, 0.3) is 0 Å². The average Bonchev–Trinajstić information content (AvgIpc) is 2.76. The van der Waals surface area contributed by atoms with E-state index in [9.17, 15) is 9.18 Å². The van der Waals surface area contributed by atoms with E-state index < -0.39 is 0 Å². The number of amides is 1. The van der Waals surface area contributed by atoms with Crippen LogP contribution in [0.2, 0.25) is 0 Å². The van der Waals surface area contributed by atoms with Crippen molar-refractivity contribution in [2.75, 3.05) is 11.1 Å². The smallest absolute Gasteiger partial charge is 0.235 e. The number of thioether (sulfide) groups is 1. The van der Waals surface area contributed by atoms with Gasteiger partial charge in [-0.3, -0.25) is 9.89 Å². The van der Waals surface area contributed by atoms with Crippen molar-refractivity contribution in [3.63, 3.8) is 0 Å². The molecule has 1 aromatic heterocycles. The number of fused-ring (bicyclic) bond motifs is 1. The van der Waals surface area contributed by atoms with Gasteiger partial charge >= 0.3 is 0 Å². The Morgan fingerprint density at radius 3 is 3.11 bits per heavy atom. The van der Waals surface area contributed by atoms with Gasteiger partial charge in [0.1, 0.15) is 11.6 Å². The van der Waals surface area contributed by atoms with E-state index in [-0.39, 0.29) is 22.7 Å². The molecule has 1 aromatic carbocycles. The zero-order valence-corrected chi connectivity index (χ0v) is 12.0. The molecule has 0 spiro atoms. The molecule has 19 heavy (non-hydrogen) atoms. The Hall–Kier alpha value is -1.34. The Bertz CT molecular complexity index is 646. The summed E-state index contributed by atoms with van der Waals surface area (Å²) < 4.78 is 14.8. The van der Waals surface area contributed by atoms with Crippen molar-refractivity contribution in [3.8, 4) is 0 Å². The number of nitrogens with zero attached hydrogens (tertiary/aromatic N) is 1. The van der Waals surface area contributed by atoms with Gasteiger partial charge < -0.3 is 5.32 Å². The second-order valence-electron chi connectivity index (χ2n) is 4.11. The molecule has 4 nitrogen and oxygen atoms in total. The zero-order valence-electron chi connectivity index (χ0n) is 9.61. The van der Waals surface area contributed by atoms with E-state index in [1.54, 1.807) is 18.3 Å². The summed E-state index contributed by atoms with van der Waals surface area (Å²) in [6, 6.07) is 4.80. The maximum absolute atomic E-state index is 14.0. The van der Waals surface area contributed by atoms with Gasteiger partial charge in [0.25, 0.3) is 0 Å². The summed E-state index contributed by atoms with van der Waals surface area (Å²) in [6.45, 7) is 0. The third-order valence-corrected chi connectivity index (χ3v) is 4.60. The molecule has 1 amide bonds. The summed E-state index contributed by atoms with van der Waals surface area (Å²) in [5.74, 6) is 0.411. The topological polar surface area (TPSA) is 57.8 Å². The largest absolute Gasteiger partial charge is 0.310 e. The number of rotatable bonds is 1. The van der Waals surface area contributed by atoms with Gasteiger partial charge in [-0.15, -0.1) is 11.8 Å². The quantitative estimate of drug-likeness (QED) is 0.837. The van der Waals surface area contributed by atoms with Gasteiger partial charge in [-0.25, -0.2) is 4.39 Å². The summed E-state index contributed by atoms with van der Waals surface area (Å²) in [5, 5.41) is 9.12. The molecule has 7 heteroatoms. The monoisotopic (exact) mass is 341 g/mol. The van der Waals surface area contributed by atoms with E-state index in [1.165, 1.54) is 17.8 Å². The van der Waals surface area contributed by atoms with E-state index in [2.05, 4.69) is 31.4 Å². The van der Waals surface area contributed by atoms with Crippen LogP contribution in [0.15, 0.2) is 28.9 Å². The fourth-order valence-corrected chi connectivity index (χ4v) is 3.48. The van der Waals surface area contributed by atoms with Crippen molar-refractivity contribution in [3.05, 3.63) is 45.8 Å². The first-order valence-electron chi connectivity index (χ1n) is 5.55. The minimum absolute atomic E-state index is 0.117. The van der Waals surface area contributed by atoms with Gasteiger partial charge in [0.15, 0.2) is 0 Å². The van der Waals surface area contributed by atoms with Crippen LogP contribution >= 0.6 is 27.7 Å². The Labute approximate surface area is 121 Å². The van der Waals surface area contributed by atoms with Crippen LogP contribution < -0.4 is 5.32 Å². The molecule has 0 saturated carbocycles. The average molecular weight is 342 g/mol. The predicted molar refractivity (Wildman–Crippen MR) is 75.6 cm³/mol. The first-order chi connectivity index (χ1) is 9.15. The molecule has 2 aromatic rings. The van der Waals surface area contributed by atoms with Crippen LogP contribution in [-0.4, -0.2) is 21.9 Å². The molecule has 0 fully saturated rings. The summed E-state index contributed by atoms with van der Waals surface area (Å²) >= 11 is 4.73. The van der Waals surface area contributed by atoms with Gasteiger partial charge in [-0.2, -0.15) is 5.10 Å². The van der Waals surface area contributed by atoms with E-state index in [0.717, 1.165) is 10.0 Å². The molecule has 0 aliphatic carbocycles. The number of halogens is 2. The molecule has 0 radical (unpaired) electrons. The number of H-pyrrole nitrogens is 1. The summed E-state index contributed by atoms with van der Waals surface area (Å²) in [5.41, 5.74) is 1.33. The number of hydrogen-bond acceptors (Lipinski definition) is 3. The number of carbonyl (C=O) groups excluding carboxylic acids is 1. The predicted octanol–water partition coefficient (Wildman–Crippen LogP) is 3.09. The zero-order chi connectivity index (χ0) is 13.4. The van der Waals surface area contributed by atoms with Gasteiger partial charge in [-0.05, 0) is 18.2 Å². The van der Waals surface area contributed by atoms with Crippen LogP contribution in [0.3, 0.4) is 0 Å². The fraction of sp³-hybridized carbons (Fsp3) is 0.167. The normalized spacial score (nSPS) is 18.6. The Balaban J connectivity index is 2.10. The molecule has 2 heterocycles. The standard InChI is InChI=1S/C12H9BrFN3OS/c13-6-1-2-9(14)7(3-6)11-8-4-15-17-12(8)16-10(18)5-19-11/h1-4,11H,5H2,(H2,15,16,17,18). The lowest BCUT2D eigenvalue weighted by molar-refractivity contribution is -0.113. The Morgan fingerprint density at radius 2 is 2.26 bits per heavy atom. The van der Waals surface area contributed by atoms with Crippen LogP contribution in [0.5, 0.6) is 0 Å². The maximum Gasteiger partial charge on any atom is 0.235 e. The van der Waals surface area contributed by atoms with E-state index in [0.29, 0.717) is 11.4 Å². The van der Waals surface area contributed by atoms with Crippen LogP contribution in [0, 0.1) is 5.82 Å². The minimum atomic E-state index is -0.290. The Morgan fingerprint density at radius 1 is 1.42 bits per heavy atom. The number of aromatic amines is 1. The first kappa shape index (κ1) is 12.7. The van der Waals surface area contributed by atoms with Crippen molar-refractivity contribution in [1.29, 1.82) is 0 Å². The molecule has 2 N–H and O–H groups in total. The maximum atomic E-state index is 14.0. The second kappa shape index (κ2) is 4.97. The summed E-state index contributed by atoms with van der Waals surface area (Å²) in [4.78, 5) is 11.6. The SMILES string of the molecule is O=C1CSC(c2cc(Br)ccc2F)c2cn[nH]c2N1. The molecule has 0 saturated heterocycles. The van der Waals surface area contributed by atoms with Crippen LogP contribution in [0.1, 0.15) is 16.4 Å². The number of aromatic nitrogens is 2. The molecule has 1 unspecified atom stereocenters. The lowest BCUT2D eigenvalue weighted by Crippen LogP contribution is -2.12. The molecule has 3 rings (SSSR count). The number of nitrogens with one attached hydrogen (secondary N) is 2. The Kier molecular flexibility index (Phi) is 3.32. The van der Waals surface area contributed by atoms with Gasteiger partial charge in [0, 0.05) is 15.6 Å². The minimum Gasteiger partial charge on any atom is -0.310 e. The van der Waals surface area contributed by atoms with Gasteiger partial charge in [0.2, 0.25) is 5.91 Å². The van der Waals surface area contributed by atoms with E-state index in [4.69, 9.17) is 0 Å². The van der Waals surface area contributed by atoms with Crippen molar-refractivity contribution in [2.24, 2.45) is 0 Å². The number of hydrogen-bond donors (Lipinski definition) is 2. The van der Waals surface area contributed by atoms with Crippen molar-refractivity contribution in [1.82, 2.24) is 10.2 Å². The van der Waals surface area contributed by atoms with E-state index in [1.807, 2.05) is 0 Å². The van der Waals surface area contributed by atoms with Crippen LogP contribution in [0.4, 0.5) is 10.2 Å². The highest BCUT2D eigenvalue weighted by Gasteiger charge is 2.27. The second-order valence-corrected chi connectivity index (χ2v) is 6.11. The molecule has 0 bridgehead atoms. The summed E-state index contributed by atoms with van der Waals surface area (Å²) in [6.07, 6.45) is 1.62. The highest BCUT2D eigenvalue weighted by atomic mass is 79.9. The first-order valence-corrected chi connectivity index (χ1v) is 7.39. The molecular formula is C12H9BrFN3OS. The molecule has 98 valence electrons. The number of benzene rings is 1. The van der Waals surface area contributed by atoms with Crippen molar-refractivity contribution >= 4 is 39.4 Å². The third kappa shape index (κ3) is 2.40. The number of carbonyl (C=O) groups is 1. The van der Waals surface area contributed by atoms with Crippen LogP contribution in [-0.2, 0) is 4.79 Å². The molecular weight excluding hydrogens is 333 g/mol. The third-order valence-electron chi connectivity index (χ3n) is 2.84. The molecule has 1 atom stereocenters. The highest BCUT2D eigenvalue weighted by Crippen LogP contribution is 2.42. The summed E-state index contributed by atoms with van der Waals surface area (Å²) in [7, 11) is 0. The van der Waals surface area contributed by atoms with Gasteiger partial charge in [-0.1, -0.05) is 15.9 Å². The lowest BCUT2D eigenvalue weighted by atomic mass is 10.1. The highest BCUT2D eigenvalue weighted by molar-refractivity contribution is 9.10.